The third kappa shape index (κ3) is 4.75. The maximum Gasteiger partial charge on any atom is 0.244 e. The summed E-state index contributed by atoms with van der Waals surface area (Å²) in [4.78, 5) is 16.4. The average Bonchev–Trinajstić information content (AvgIpc) is 3.03. The molecule has 1 amide bonds. The Morgan fingerprint density at radius 3 is 2.58 bits per heavy atom. The molecule has 0 aliphatic carbocycles. The molecule has 1 aromatic heterocycles. The van der Waals surface area contributed by atoms with Crippen molar-refractivity contribution in [2.24, 2.45) is 5.14 Å². The average molecular weight is 387 g/mol. The summed E-state index contributed by atoms with van der Waals surface area (Å²) in [5.41, 5.74) is 1.83. The quantitative estimate of drug-likeness (QED) is 0.634. The SMILES string of the molecule is NS(=O)(=O)c1ccc(CCNC(=O)C=Cc2nc3ccccc3s2)cc1. The molecule has 0 atom stereocenters. The van der Waals surface area contributed by atoms with Gasteiger partial charge < -0.3 is 5.32 Å². The van der Waals surface area contributed by atoms with Crippen molar-refractivity contribution >= 4 is 43.6 Å². The van der Waals surface area contributed by atoms with E-state index < -0.39 is 10.0 Å². The number of nitrogens with one attached hydrogen (secondary N) is 1. The highest BCUT2D eigenvalue weighted by Crippen LogP contribution is 2.22. The number of benzene rings is 2. The molecule has 0 radical (unpaired) electrons. The number of nitrogens with two attached hydrogens (primary N) is 1. The number of amides is 1. The summed E-state index contributed by atoms with van der Waals surface area (Å²) in [5, 5.41) is 8.62. The molecule has 3 aromatic rings. The normalized spacial score (nSPS) is 11.9. The Balaban J connectivity index is 1.51. The summed E-state index contributed by atoms with van der Waals surface area (Å²) in [5.74, 6) is -0.203. The lowest BCUT2D eigenvalue weighted by molar-refractivity contribution is -0.116. The van der Waals surface area contributed by atoms with Crippen LogP contribution >= 0.6 is 11.3 Å². The molecule has 0 saturated carbocycles. The van der Waals surface area contributed by atoms with Gasteiger partial charge in [-0.15, -0.1) is 11.3 Å². The molecule has 0 aliphatic rings. The Hall–Kier alpha value is -2.55. The molecule has 0 bridgehead atoms. The number of fused-ring (bicyclic) bond motifs is 1. The van der Waals surface area contributed by atoms with E-state index in [0.717, 1.165) is 20.8 Å². The number of carbonyl (C=O) groups is 1. The number of para-hydroxylation sites is 1. The highest BCUT2D eigenvalue weighted by molar-refractivity contribution is 7.89. The minimum Gasteiger partial charge on any atom is -0.352 e. The maximum absolute atomic E-state index is 11.9. The van der Waals surface area contributed by atoms with Crippen LogP contribution in [-0.4, -0.2) is 25.9 Å². The van der Waals surface area contributed by atoms with E-state index in [2.05, 4.69) is 10.3 Å². The lowest BCUT2D eigenvalue weighted by Gasteiger charge is -2.04. The van der Waals surface area contributed by atoms with Crippen LogP contribution in [0.3, 0.4) is 0 Å². The smallest absolute Gasteiger partial charge is 0.244 e. The zero-order chi connectivity index (χ0) is 18.6. The molecular weight excluding hydrogens is 370 g/mol. The van der Waals surface area contributed by atoms with Crippen LogP contribution in [-0.2, 0) is 21.2 Å². The first-order valence-electron chi connectivity index (χ1n) is 7.85. The molecule has 26 heavy (non-hydrogen) atoms. The summed E-state index contributed by atoms with van der Waals surface area (Å²) in [6, 6.07) is 14.1. The summed E-state index contributed by atoms with van der Waals surface area (Å²) in [6.45, 7) is 0.442. The molecule has 0 unspecified atom stereocenters. The van der Waals surface area contributed by atoms with Crippen molar-refractivity contribution in [3.8, 4) is 0 Å². The predicted octanol–water partition coefficient (Wildman–Crippen LogP) is 2.32. The third-order valence-electron chi connectivity index (χ3n) is 3.65. The van der Waals surface area contributed by atoms with E-state index in [-0.39, 0.29) is 10.8 Å². The van der Waals surface area contributed by atoms with Gasteiger partial charge in [-0.2, -0.15) is 0 Å². The standard InChI is InChI=1S/C18H17N3O3S2/c19-26(23,24)14-7-5-13(6-8-14)11-12-20-17(22)9-10-18-21-15-3-1-2-4-16(15)25-18/h1-10H,11-12H2,(H,20,22)(H2,19,23,24). The monoisotopic (exact) mass is 387 g/mol. The van der Waals surface area contributed by atoms with E-state index in [0.29, 0.717) is 13.0 Å². The van der Waals surface area contributed by atoms with Gasteiger partial charge in [-0.25, -0.2) is 18.5 Å². The van der Waals surface area contributed by atoms with Crippen LogP contribution in [0.4, 0.5) is 0 Å². The van der Waals surface area contributed by atoms with Crippen molar-refractivity contribution < 1.29 is 13.2 Å². The second-order valence-corrected chi connectivity index (χ2v) is 8.21. The van der Waals surface area contributed by atoms with Crippen molar-refractivity contribution in [2.45, 2.75) is 11.3 Å². The van der Waals surface area contributed by atoms with Crippen molar-refractivity contribution in [1.29, 1.82) is 0 Å². The van der Waals surface area contributed by atoms with Crippen LogP contribution in [0, 0.1) is 0 Å². The fraction of sp³-hybridized carbons (Fsp3) is 0.111. The lowest BCUT2D eigenvalue weighted by Crippen LogP contribution is -2.23. The molecular formula is C18H17N3O3S2. The summed E-state index contributed by atoms with van der Waals surface area (Å²) >= 11 is 1.53. The molecule has 6 nitrogen and oxygen atoms in total. The number of carbonyl (C=O) groups excluding carboxylic acids is 1. The number of hydrogen-bond donors (Lipinski definition) is 2. The second-order valence-electron chi connectivity index (χ2n) is 5.58. The molecule has 2 aromatic carbocycles. The van der Waals surface area contributed by atoms with Crippen molar-refractivity contribution in [3.05, 3.63) is 65.2 Å². The van der Waals surface area contributed by atoms with Gasteiger partial charge >= 0.3 is 0 Å². The first kappa shape index (κ1) is 18.2. The molecule has 0 fully saturated rings. The number of rotatable bonds is 6. The molecule has 3 rings (SSSR count). The number of sulfonamides is 1. The Morgan fingerprint density at radius 2 is 1.88 bits per heavy atom. The molecule has 0 aliphatic heterocycles. The minimum atomic E-state index is -3.68. The highest BCUT2D eigenvalue weighted by Gasteiger charge is 2.06. The van der Waals surface area contributed by atoms with Crippen molar-refractivity contribution in [3.63, 3.8) is 0 Å². The van der Waals surface area contributed by atoms with Gasteiger partial charge in [0.1, 0.15) is 5.01 Å². The molecule has 134 valence electrons. The van der Waals surface area contributed by atoms with E-state index in [1.54, 1.807) is 18.2 Å². The summed E-state index contributed by atoms with van der Waals surface area (Å²) < 4.78 is 23.5. The van der Waals surface area contributed by atoms with Crippen LogP contribution in [0.15, 0.2) is 59.5 Å². The fourth-order valence-electron chi connectivity index (χ4n) is 2.34. The fourth-order valence-corrected chi connectivity index (χ4v) is 3.73. The van der Waals surface area contributed by atoms with E-state index in [1.165, 1.54) is 29.5 Å². The van der Waals surface area contributed by atoms with Crippen LogP contribution in [0.5, 0.6) is 0 Å². The van der Waals surface area contributed by atoms with Gasteiger partial charge in [0.15, 0.2) is 0 Å². The lowest BCUT2D eigenvalue weighted by atomic mass is 10.1. The Morgan fingerprint density at radius 1 is 1.15 bits per heavy atom. The van der Waals surface area contributed by atoms with Gasteiger partial charge in [0.2, 0.25) is 15.9 Å². The van der Waals surface area contributed by atoms with Gasteiger partial charge in [-0.1, -0.05) is 24.3 Å². The number of nitrogens with zero attached hydrogens (tertiary/aromatic N) is 1. The zero-order valence-electron chi connectivity index (χ0n) is 13.8. The van der Waals surface area contributed by atoms with E-state index in [1.807, 2.05) is 24.3 Å². The van der Waals surface area contributed by atoms with Crippen LogP contribution in [0.25, 0.3) is 16.3 Å². The second kappa shape index (κ2) is 7.77. The van der Waals surface area contributed by atoms with Crippen LogP contribution in [0.2, 0.25) is 0 Å². The van der Waals surface area contributed by atoms with Crippen LogP contribution in [0.1, 0.15) is 10.6 Å². The molecule has 0 spiro atoms. The molecule has 0 saturated heterocycles. The maximum atomic E-state index is 11.9. The number of hydrogen-bond acceptors (Lipinski definition) is 5. The summed E-state index contributed by atoms with van der Waals surface area (Å²) in [6.07, 6.45) is 3.74. The molecule has 8 heteroatoms. The predicted molar refractivity (Wildman–Crippen MR) is 103 cm³/mol. The van der Waals surface area contributed by atoms with Crippen LogP contribution < -0.4 is 10.5 Å². The van der Waals surface area contributed by atoms with Gasteiger partial charge in [0.25, 0.3) is 0 Å². The largest absolute Gasteiger partial charge is 0.352 e. The first-order valence-corrected chi connectivity index (χ1v) is 10.2. The van der Waals surface area contributed by atoms with E-state index >= 15 is 0 Å². The van der Waals surface area contributed by atoms with Gasteiger partial charge in [0.05, 0.1) is 15.1 Å². The van der Waals surface area contributed by atoms with E-state index in [9.17, 15) is 13.2 Å². The van der Waals surface area contributed by atoms with Gasteiger partial charge in [-0.3, -0.25) is 4.79 Å². The van der Waals surface area contributed by atoms with Gasteiger partial charge in [-0.05, 0) is 42.3 Å². The minimum absolute atomic E-state index is 0.0732. The third-order valence-corrected chi connectivity index (χ3v) is 5.58. The van der Waals surface area contributed by atoms with Gasteiger partial charge in [0, 0.05) is 12.6 Å². The topological polar surface area (TPSA) is 102 Å². The number of aromatic nitrogens is 1. The van der Waals surface area contributed by atoms with Crippen molar-refractivity contribution in [2.75, 3.05) is 6.54 Å². The number of primary sulfonamides is 1. The Bertz CT molecular complexity index is 1020. The zero-order valence-corrected chi connectivity index (χ0v) is 15.4. The van der Waals surface area contributed by atoms with E-state index in [4.69, 9.17) is 5.14 Å². The summed E-state index contributed by atoms with van der Waals surface area (Å²) in [7, 11) is -3.68. The molecule has 3 N–H and O–H groups in total. The Kier molecular flexibility index (Phi) is 5.46. The number of thiazole rings is 1. The van der Waals surface area contributed by atoms with Crippen molar-refractivity contribution in [1.82, 2.24) is 10.3 Å². The first-order chi connectivity index (χ1) is 12.4. The molecule has 1 heterocycles. The highest BCUT2D eigenvalue weighted by atomic mass is 32.2. The Labute approximate surface area is 155 Å².